The fraction of sp³-hybridized carbons (Fsp3) is 0.333. The van der Waals surface area contributed by atoms with Crippen LogP contribution >= 0.6 is 0 Å². The minimum absolute atomic E-state index is 0.0964. The lowest BCUT2D eigenvalue weighted by atomic mass is 10.1. The Balaban J connectivity index is 1.80. The monoisotopic (exact) mass is 422 g/mol. The van der Waals surface area contributed by atoms with Gasteiger partial charge in [0.05, 0.1) is 25.5 Å². The van der Waals surface area contributed by atoms with Gasteiger partial charge in [0.2, 0.25) is 5.91 Å². The van der Waals surface area contributed by atoms with Gasteiger partial charge in [0, 0.05) is 36.9 Å². The fourth-order valence-corrected chi connectivity index (χ4v) is 3.32. The number of methoxy groups -OCH3 is 2. The van der Waals surface area contributed by atoms with Crippen LogP contribution in [0, 0.1) is 0 Å². The molecule has 1 heterocycles. The van der Waals surface area contributed by atoms with Crippen molar-refractivity contribution in [3.8, 4) is 11.5 Å². The molecule has 1 unspecified atom stereocenters. The number of piperazine rings is 1. The quantitative estimate of drug-likeness (QED) is 0.756. The molecule has 160 valence electrons. The molecule has 0 spiro atoms. The van der Waals surface area contributed by atoms with Crippen molar-refractivity contribution < 1.29 is 32.2 Å². The maximum atomic E-state index is 13.0. The van der Waals surface area contributed by atoms with Crippen LogP contribution < -0.4 is 14.4 Å². The van der Waals surface area contributed by atoms with Crippen LogP contribution in [-0.2, 0) is 11.0 Å². The molecule has 0 N–H and O–H groups in total. The van der Waals surface area contributed by atoms with Crippen molar-refractivity contribution in [3.05, 3.63) is 53.6 Å². The molecule has 1 atom stereocenters. The van der Waals surface area contributed by atoms with E-state index in [1.807, 2.05) is 0 Å². The zero-order valence-corrected chi connectivity index (χ0v) is 16.7. The summed E-state index contributed by atoms with van der Waals surface area (Å²) in [4.78, 5) is 28.6. The van der Waals surface area contributed by atoms with Crippen molar-refractivity contribution in [3.63, 3.8) is 0 Å². The van der Waals surface area contributed by atoms with E-state index in [4.69, 9.17) is 9.47 Å². The van der Waals surface area contributed by atoms with Gasteiger partial charge in [-0.1, -0.05) is 0 Å². The largest absolute Gasteiger partial charge is 0.497 e. The molecule has 1 saturated heterocycles. The number of alkyl halides is 3. The second kappa shape index (κ2) is 8.25. The van der Waals surface area contributed by atoms with Crippen molar-refractivity contribution in [1.29, 1.82) is 0 Å². The summed E-state index contributed by atoms with van der Waals surface area (Å²) < 4.78 is 48.7. The van der Waals surface area contributed by atoms with Gasteiger partial charge in [-0.2, -0.15) is 13.2 Å². The Morgan fingerprint density at radius 2 is 1.57 bits per heavy atom. The molecular formula is C21H21F3N2O4. The standard InChI is InChI=1S/C21H21F3N2O4/c1-13-19(27)26(16-10-17(29-2)12-18(11-16)30-3)9-8-25(13)20(28)14-4-6-15(7-5-14)21(22,23)24/h4-7,10-13H,8-9H2,1-3H3. The van der Waals surface area contributed by atoms with Crippen molar-refractivity contribution in [2.45, 2.75) is 19.1 Å². The highest BCUT2D eigenvalue weighted by molar-refractivity contribution is 6.03. The number of hydrogen-bond acceptors (Lipinski definition) is 4. The summed E-state index contributed by atoms with van der Waals surface area (Å²) in [6.07, 6.45) is -4.48. The van der Waals surface area contributed by atoms with E-state index in [-0.39, 0.29) is 24.6 Å². The van der Waals surface area contributed by atoms with E-state index in [0.717, 1.165) is 24.3 Å². The number of benzene rings is 2. The third-order valence-corrected chi connectivity index (χ3v) is 5.02. The summed E-state index contributed by atoms with van der Waals surface area (Å²) in [6, 6.07) is 8.26. The first-order valence-corrected chi connectivity index (χ1v) is 9.18. The summed E-state index contributed by atoms with van der Waals surface area (Å²) in [5, 5.41) is 0. The lowest BCUT2D eigenvalue weighted by Gasteiger charge is -2.39. The van der Waals surface area contributed by atoms with Crippen LogP contribution in [0.2, 0.25) is 0 Å². The third kappa shape index (κ3) is 4.19. The molecule has 1 aliphatic heterocycles. The number of halogens is 3. The second-order valence-electron chi connectivity index (χ2n) is 6.81. The Hall–Kier alpha value is -3.23. The van der Waals surface area contributed by atoms with Crippen molar-refractivity contribution in [2.75, 3.05) is 32.2 Å². The molecule has 0 aromatic heterocycles. The minimum atomic E-state index is -4.48. The second-order valence-corrected chi connectivity index (χ2v) is 6.81. The predicted octanol–water partition coefficient (Wildman–Crippen LogP) is 3.60. The van der Waals surface area contributed by atoms with E-state index in [1.54, 1.807) is 25.1 Å². The molecule has 1 fully saturated rings. The molecule has 6 nitrogen and oxygen atoms in total. The van der Waals surface area contributed by atoms with Crippen LogP contribution in [-0.4, -0.2) is 50.1 Å². The highest BCUT2D eigenvalue weighted by atomic mass is 19.4. The summed E-state index contributed by atoms with van der Waals surface area (Å²) in [6.45, 7) is 2.05. The average molecular weight is 422 g/mol. The molecule has 0 saturated carbocycles. The highest BCUT2D eigenvalue weighted by Gasteiger charge is 2.36. The lowest BCUT2D eigenvalue weighted by molar-refractivity contribution is -0.137. The smallest absolute Gasteiger partial charge is 0.416 e. The zero-order chi connectivity index (χ0) is 22.1. The van der Waals surface area contributed by atoms with Crippen molar-refractivity contribution in [1.82, 2.24) is 4.90 Å². The van der Waals surface area contributed by atoms with Gasteiger partial charge >= 0.3 is 6.18 Å². The maximum absolute atomic E-state index is 13.0. The van der Waals surface area contributed by atoms with Gasteiger partial charge < -0.3 is 19.3 Å². The molecule has 30 heavy (non-hydrogen) atoms. The molecule has 2 amide bonds. The Morgan fingerprint density at radius 3 is 2.07 bits per heavy atom. The van der Waals surface area contributed by atoms with E-state index >= 15 is 0 Å². The number of rotatable bonds is 4. The predicted molar refractivity (Wildman–Crippen MR) is 104 cm³/mol. The average Bonchev–Trinajstić information content (AvgIpc) is 2.74. The molecular weight excluding hydrogens is 401 g/mol. The third-order valence-electron chi connectivity index (χ3n) is 5.02. The molecule has 0 aliphatic carbocycles. The Morgan fingerprint density at radius 1 is 1.00 bits per heavy atom. The SMILES string of the molecule is COc1cc(OC)cc(N2CCN(C(=O)c3ccc(C(F)(F)F)cc3)C(C)C2=O)c1. The minimum Gasteiger partial charge on any atom is -0.497 e. The van der Waals surface area contributed by atoms with E-state index in [1.165, 1.54) is 24.0 Å². The molecule has 2 aromatic carbocycles. The van der Waals surface area contributed by atoms with Gasteiger partial charge in [-0.05, 0) is 31.2 Å². The maximum Gasteiger partial charge on any atom is 0.416 e. The van der Waals surface area contributed by atoms with Gasteiger partial charge in [-0.25, -0.2) is 0 Å². The normalized spacial score (nSPS) is 17.1. The first-order valence-electron chi connectivity index (χ1n) is 9.18. The first kappa shape index (κ1) is 21.5. The Kier molecular flexibility index (Phi) is 5.91. The summed E-state index contributed by atoms with van der Waals surface area (Å²) in [5.74, 6) is 0.241. The fourth-order valence-electron chi connectivity index (χ4n) is 3.32. The molecule has 2 aromatic rings. The zero-order valence-electron chi connectivity index (χ0n) is 16.7. The topological polar surface area (TPSA) is 59.1 Å². The molecule has 0 bridgehead atoms. The number of amides is 2. The number of carbonyl (C=O) groups excluding carboxylic acids is 2. The van der Waals surface area contributed by atoms with Crippen LogP contribution in [0.25, 0.3) is 0 Å². The Bertz CT molecular complexity index is 922. The van der Waals surface area contributed by atoms with Gasteiger partial charge in [-0.15, -0.1) is 0 Å². The van der Waals surface area contributed by atoms with E-state index in [0.29, 0.717) is 17.2 Å². The van der Waals surface area contributed by atoms with Gasteiger partial charge in [-0.3, -0.25) is 9.59 Å². The summed E-state index contributed by atoms with van der Waals surface area (Å²) >= 11 is 0. The van der Waals surface area contributed by atoms with Gasteiger partial charge in [0.25, 0.3) is 5.91 Å². The number of ether oxygens (including phenoxy) is 2. The molecule has 3 rings (SSSR count). The van der Waals surface area contributed by atoms with Crippen LogP contribution in [0.5, 0.6) is 11.5 Å². The Labute approximate surface area is 171 Å². The number of carbonyl (C=O) groups is 2. The van der Waals surface area contributed by atoms with Crippen molar-refractivity contribution >= 4 is 17.5 Å². The molecule has 9 heteroatoms. The van der Waals surface area contributed by atoms with Crippen molar-refractivity contribution in [2.24, 2.45) is 0 Å². The van der Waals surface area contributed by atoms with Crippen LogP contribution in [0.1, 0.15) is 22.8 Å². The summed E-state index contributed by atoms with van der Waals surface area (Å²) in [5.41, 5.74) is -0.163. The number of hydrogen-bond donors (Lipinski definition) is 0. The van der Waals surface area contributed by atoms with Gasteiger partial charge in [0.15, 0.2) is 0 Å². The highest BCUT2D eigenvalue weighted by Crippen LogP contribution is 2.31. The number of anilines is 1. The van der Waals surface area contributed by atoms with E-state index in [2.05, 4.69) is 0 Å². The lowest BCUT2D eigenvalue weighted by Crippen LogP contribution is -2.57. The van der Waals surface area contributed by atoms with Crippen LogP contribution in [0.3, 0.4) is 0 Å². The first-order chi connectivity index (χ1) is 14.2. The van der Waals surface area contributed by atoms with Crippen LogP contribution in [0.15, 0.2) is 42.5 Å². The number of nitrogens with zero attached hydrogens (tertiary/aromatic N) is 2. The van der Waals surface area contributed by atoms with Gasteiger partial charge in [0.1, 0.15) is 17.5 Å². The van der Waals surface area contributed by atoms with E-state index in [9.17, 15) is 22.8 Å². The summed E-state index contributed by atoms with van der Waals surface area (Å²) in [7, 11) is 3.01. The van der Waals surface area contributed by atoms with Crippen LogP contribution in [0.4, 0.5) is 18.9 Å². The molecule has 1 aliphatic rings. The molecule has 0 radical (unpaired) electrons. The van der Waals surface area contributed by atoms with E-state index < -0.39 is 23.7 Å².